The van der Waals surface area contributed by atoms with Crippen LogP contribution in [0.2, 0.25) is 0 Å². The van der Waals surface area contributed by atoms with Crippen LogP contribution in [0.5, 0.6) is 0 Å². The molecule has 3 aliphatic heterocycles. The molecular weight excluding hydrogens is 392 g/mol. The van der Waals surface area contributed by atoms with E-state index in [1.54, 1.807) is 18.6 Å². The second kappa shape index (κ2) is 8.70. The zero-order chi connectivity index (χ0) is 21.2. The number of nitrogens with zero attached hydrogens (tertiary/aromatic N) is 6. The average Bonchev–Trinajstić information content (AvgIpc) is 2.84. The normalized spacial score (nSPS) is 25.5. The van der Waals surface area contributed by atoms with Crippen molar-refractivity contribution in [1.82, 2.24) is 24.7 Å². The lowest BCUT2D eigenvalue weighted by Crippen LogP contribution is -2.53. The Bertz CT molecular complexity index is 911. The van der Waals surface area contributed by atoms with Crippen LogP contribution in [0.15, 0.2) is 47.6 Å². The van der Waals surface area contributed by atoms with Gasteiger partial charge in [0.15, 0.2) is 0 Å². The van der Waals surface area contributed by atoms with E-state index in [2.05, 4.69) is 38.1 Å². The van der Waals surface area contributed by atoms with Gasteiger partial charge in [0.1, 0.15) is 6.33 Å². The highest BCUT2D eigenvalue weighted by Crippen LogP contribution is 2.32. The van der Waals surface area contributed by atoms with Gasteiger partial charge in [-0.1, -0.05) is 12.2 Å². The fourth-order valence-electron chi connectivity index (χ4n) is 5.26. The van der Waals surface area contributed by atoms with E-state index in [1.807, 2.05) is 9.80 Å². The molecule has 0 aromatic carbocycles. The maximum Gasteiger partial charge on any atom is 0.347 e. The van der Waals surface area contributed by atoms with E-state index in [0.717, 1.165) is 64.0 Å². The van der Waals surface area contributed by atoms with Gasteiger partial charge in [-0.2, -0.15) is 0 Å². The van der Waals surface area contributed by atoms with Gasteiger partial charge in [-0.15, -0.1) is 0 Å². The highest BCUT2D eigenvalue weighted by molar-refractivity contribution is 5.93. The van der Waals surface area contributed by atoms with Crippen LogP contribution in [-0.2, 0) is 0 Å². The lowest BCUT2D eigenvalue weighted by molar-refractivity contribution is 0.0527. The van der Waals surface area contributed by atoms with Crippen LogP contribution in [0.25, 0.3) is 0 Å². The Hall–Kier alpha value is -2.87. The van der Waals surface area contributed by atoms with Crippen molar-refractivity contribution in [3.05, 3.63) is 48.2 Å². The molecule has 4 heterocycles. The van der Waals surface area contributed by atoms with Crippen molar-refractivity contribution in [2.24, 2.45) is 10.9 Å². The SMILES string of the molecule is O=C(c1cncnc1)N1CCC(N2CCC(N3C(=O)N=CC4CC=CC=C43)CC2)CC1. The Labute approximate surface area is 182 Å². The molecule has 1 aliphatic carbocycles. The van der Waals surface area contributed by atoms with E-state index in [-0.39, 0.29) is 23.9 Å². The maximum atomic E-state index is 12.6. The van der Waals surface area contributed by atoms with E-state index in [0.29, 0.717) is 11.6 Å². The Morgan fingerprint density at radius 2 is 1.68 bits per heavy atom. The molecule has 1 aromatic rings. The van der Waals surface area contributed by atoms with Gasteiger partial charge in [0.05, 0.1) is 5.56 Å². The molecule has 1 unspecified atom stereocenters. The first kappa shape index (κ1) is 20.1. The minimum Gasteiger partial charge on any atom is -0.338 e. The lowest BCUT2D eigenvalue weighted by atomic mass is 9.92. The third kappa shape index (κ3) is 4.04. The maximum absolute atomic E-state index is 12.6. The molecule has 1 atom stereocenters. The number of likely N-dealkylation sites (tertiary alicyclic amines) is 2. The summed E-state index contributed by atoms with van der Waals surface area (Å²) in [6, 6.07) is 0.603. The Morgan fingerprint density at radius 1 is 0.968 bits per heavy atom. The molecule has 0 spiro atoms. The van der Waals surface area contributed by atoms with Crippen LogP contribution >= 0.6 is 0 Å². The Morgan fingerprint density at radius 3 is 2.42 bits per heavy atom. The summed E-state index contributed by atoms with van der Waals surface area (Å²) in [5, 5.41) is 0. The van der Waals surface area contributed by atoms with Gasteiger partial charge in [-0.05, 0) is 38.2 Å². The zero-order valence-electron chi connectivity index (χ0n) is 17.6. The molecule has 4 aliphatic rings. The number of aliphatic imine (C=N–C) groups is 1. The molecule has 3 amide bonds. The Kier molecular flexibility index (Phi) is 5.63. The fraction of sp³-hybridized carbons (Fsp3) is 0.522. The van der Waals surface area contributed by atoms with Crippen molar-refractivity contribution in [2.75, 3.05) is 26.2 Å². The lowest BCUT2D eigenvalue weighted by Gasteiger charge is -2.45. The number of piperidine rings is 2. The predicted octanol–water partition coefficient (Wildman–Crippen LogP) is 2.51. The van der Waals surface area contributed by atoms with Crippen molar-refractivity contribution in [2.45, 2.75) is 44.2 Å². The molecular formula is C23H28N6O2. The van der Waals surface area contributed by atoms with Crippen LogP contribution in [0.1, 0.15) is 42.5 Å². The number of allylic oxidation sites excluding steroid dienone is 4. The van der Waals surface area contributed by atoms with Crippen LogP contribution in [-0.4, -0.2) is 81.1 Å². The van der Waals surface area contributed by atoms with E-state index in [1.165, 1.54) is 6.33 Å². The first-order valence-corrected chi connectivity index (χ1v) is 11.2. The molecule has 2 saturated heterocycles. The van der Waals surface area contributed by atoms with Gasteiger partial charge >= 0.3 is 6.03 Å². The second-order valence-electron chi connectivity index (χ2n) is 8.71. The summed E-state index contributed by atoms with van der Waals surface area (Å²) < 4.78 is 0. The molecule has 5 rings (SSSR count). The van der Waals surface area contributed by atoms with Crippen molar-refractivity contribution in [3.63, 3.8) is 0 Å². The van der Waals surface area contributed by atoms with Gasteiger partial charge in [0, 0.05) is 68.5 Å². The summed E-state index contributed by atoms with van der Waals surface area (Å²) in [6.45, 7) is 3.49. The number of amides is 3. The molecule has 31 heavy (non-hydrogen) atoms. The summed E-state index contributed by atoms with van der Waals surface area (Å²) in [4.78, 5) is 43.7. The van der Waals surface area contributed by atoms with Crippen molar-refractivity contribution in [3.8, 4) is 0 Å². The third-order valence-corrected chi connectivity index (χ3v) is 6.96. The summed E-state index contributed by atoms with van der Waals surface area (Å²) in [6.07, 6.45) is 17.5. The fourth-order valence-corrected chi connectivity index (χ4v) is 5.26. The number of carbonyl (C=O) groups excluding carboxylic acids is 2. The van der Waals surface area contributed by atoms with E-state index in [4.69, 9.17) is 0 Å². The van der Waals surface area contributed by atoms with Crippen LogP contribution in [0.3, 0.4) is 0 Å². The predicted molar refractivity (Wildman–Crippen MR) is 117 cm³/mol. The number of urea groups is 1. The summed E-state index contributed by atoms with van der Waals surface area (Å²) >= 11 is 0. The number of carbonyl (C=O) groups is 2. The van der Waals surface area contributed by atoms with Gasteiger partial charge in [-0.25, -0.2) is 19.8 Å². The van der Waals surface area contributed by atoms with Gasteiger partial charge in [0.2, 0.25) is 0 Å². The van der Waals surface area contributed by atoms with Gasteiger partial charge < -0.3 is 9.80 Å². The number of fused-ring (bicyclic) bond motifs is 1. The highest BCUT2D eigenvalue weighted by atomic mass is 16.2. The minimum atomic E-state index is -0.118. The standard InChI is InChI=1S/C23H28N6O2/c30-22(18-13-24-16-25-14-18)28-11-5-19(6-12-28)27-9-7-20(8-10-27)29-21-4-2-1-3-17(21)15-26-23(29)31/h1-2,4,13-17,19-20H,3,5-12H2. The molecule has 2 fully saturated rings. The highest BCUT2D eigenvalue weighted by Gasteiger charge is 2.37. The summed E-state index contributed by atoms with van der Waals surface area (Å²) in [7, 11) is 0. The number of hydrogen-bond donors (Lipinski definition) is 0. The average molecular weight is 421 g/mol. The van der Waals surface area contributed by atoms with Crippen molar-refractivity contribution in [1.29, 1.82) is 0 Å². The molecule has 0 saturated carbocycles. The first-order valence-electron chi connectivity index (χ1n) is 11.2. The van der Waals surface area contributed by atoms with Crippen LogP contribution in [0.4, 0.5) is 4.79 Å². The molecule has 8 heteroatoms. The number of aromatic nitrogens is 2. The molecule has 162 valence electrons. The van der Waals surface area contributed by atoms with Crippen molar-refractivity contribution < 1.29 is 9.59 Å². The van der Waals surface area contributed by atoms with Gasteiger partial charge in [-0.3, -0.25) is 9.69 Å². The molecule has 0 radical (unpaired) electrons. The van der Waals surface area contributed by atoms with E-state index in [9.17, 15) is 9.59 Å². The monoisotopic (exact) mass is 420 g/mol. The summed E-state index contributed by atoms with van der Waals surface area (Å²) in [5.41, 5.74) is 1.67. The molecule has 8 nitrogen and oxygen atoms in total. The molecule has 0 bridgehead atoms. The van der Waals surface area contributed by atoms with Crippen molar-refractivity contribution >= 4 is 18.2 Å². The zero-order valence-corrected chi connectivity index (χ0v) is 17.6. The smallest absolute Gasteiger partial charge is 0.338 e. The summed E-state index contributed by atoms with van der Waals surface area (Å²) in [5.74, 6) is 0.254. The topological polar surface area (TPSA) is 82.0 Å². The largest absolute Gasteiger partial charge is 0.347 e. The quantitative estimate of drug-likeness (QED) is 0.750. The number of rotatable bonds is 3. The number of hydrogen-bond acceptors (Lipinski definition) is 5. The first-order chi connectivity index (χ1) is 15.2. The van der Waals surface area contributed by atoms with E-state index >= 15 is 0 Å². The minimum absolute atomic E-state index is 0.0197. The van der Waals surface area contributed by atoms with Gasteiger partial charge in [0.25, 0.3) is 5.91 Å². The van der Waals surface area contributed by atoms with Crippen LogP contribution < -0.4 is 0 Å². The third-order valence-electron chi connectivity index (χ3n) is 6.96. The molecule has 1 aromatic heterocycles. The Balaban J connectivity index is 1.15. The molecule has 0 N–H and O–H groups in total. The second-order valence-corrected chi connectivity index (χ2v) is 8.71. The van der Waals surface area contributed by atoms with Crippen LogP contribution in [0, 0.1) is 5.92 Å². The van der Waals surface area contributed by atoms with E-state index < -0.39 is 0 Å².